The van der Waals surface area contributed by atoms with Crippen LogP contribution in [0.2, 0.25) is 0 Å². The van der Waals surface area contributed by atoms with Crippen molar-refractivity contribution in [1.82, 2.24) is 5.32 Å². The standard InChI is InChI=1S/C21H26N2O3S/c1-3-16-8-7-9-17(14-16)22-21(25)19(12-13-27-2)23-20(24)15-26-18-10-5-4-6-11-18/h4-11,14,19H,3,12-13,15H2,1-2H3,(H,22,25)(H,23,24). The second kappa shape index (κ2) is 11.3. The van der Waals surface area contributed by atoms with Gasteiger partial charge in [0.15, 0.2) is 6.61 Å². The maximum absolute atomic E-state index is 12.7. The first kappa shape index (κ1) is 20.8. The molecule has 6 heteroatoms. The van der Waals surface area contributed by atoms with E-state index in [-0.39, 0.29) is 18.4 Å². The minimum atomic E-state index is -0.602. The lowest BCUT2D eigenvalue weighted by molar-refractivity contribution is -0.127. The van der Waals surface area contributed by atoms with Crippen molar-refractivity contribution in [2.45, 2.75) is 25.8 Å². The molecular formula is C21H26N2O3S. The summed E-state index contributed by atoms with van der Waals surface area (Å²) in [6, 6.07) is 16.3. The highest BCUT2D eigenvalue weighted by Crippen LogP contribution is 2.13. The van der Waals surface area contributed by atoms with Gasteiger partial charge >= 0.3 is 0 Å². The predicted molar refractivity (Wildman–Crippen MR) is 111 cm³/mol. The molecule has 0 saturated heterocycles. The maximum atomic E-state index is 12.7. The van der Waals surface area contributed by atoms with Crippen LogP contribution in [0.1, 0.15) is 18.9 Å². The number of anilines is 1. The quantitative estimate of drug-likeness (QED) is 0.656. The van der Waals surface area contributed by atoms with Crippen LogP contribution in [-0.2, 0) is 16.0 Å². The minimum Gasteiger partial charge on any atom is -0.484 e. The third-order valence-corrected chi connectivity index (χ3v) is 4.62. The molecule has 1 unspecified atom stereocenters. The zero-order valence-electron chi connectivity index (χ0n) is 15.7. The van der Waals surface area contributed by atoms with Gasteiger partial charge in [-0.1, -0.05) is 37.3 Å². The number of nitrogens with one attached hydrogen (secondary N) is 2. The van der Waals surface area contributed by atoms with Crippen molar-refractivity contribution in [1.29, 1.82) is 0 Å². The molecule has 1 atom stereocenters. The molecular weight excluding hydrogens is 360 g/mol. The largest absolute Gasteiger partial charge is 0.484 e. The molecule has 2 N–H and O–H groups in total. The summed E-state index contributed by atoms with van der Waals surface area (Å²) < 4.78 is 5.45. The Hall–Kier alpha value is -2.47. The number of carbonyl (C=O) groups is 2. The Balaban J connectivity index is 1.93. The second-order valence-electron chi connectivity index (χ2n) is 6.05. The summed E-state index contributed by atoms with van der Waals surface area (Å²) >= 11 is 1.63. The fourth-order valence-corrected chi connectivity index (χ4v) is 2.98. The monoisotopic (exact) mass is 386 g/mol. The van der Waals surface area contributed by atoms with Crippen LogP contribution in [0.15, 0.2) is 54.6 Å². The highest BCUT2D eigenvalue weighted by atomic mass is 32.2. The van der Waals surface area contributed by atoms with Crippen molar-refractivity contribution < 1.29 is 14.3 Å². The van der Waals surface area contributed by atoms with Crippen LogP contribution in [0, 0.1) is 0 Å². The summed E-state index contributed by atoms with van der Waals surface area (Å²) in [5.41, 5.74) is 1.89. The maximum Gasteiger partial charge on any atom is 0.258 e. The van der Waals surface area contributed by atoms with Crippen molar-refractivity contribution in [3.63, 3.8) is 0 Å². The first-order valence-corrected chi connectivity index (χ1v) is 10.4. The third-order valence-electron chi connectivity index (χ3n) is 3.98. The fraction of sp³-hybridized carbons (Fsp3) is 0.333. The molecule has 27 heavy (non-hydrogen) atoms. The van der Waals surface area contributed by atoms with E-state index in [1.807, 2.05) is 48.7 Å². The van der Waals surface area contributed by atoms with E-state index in [9.17, 15) is 9.59 Å². The van der Waals surface area contributed by atoms with Crippen molar-refractivity contribution >= 4 is 29.3 Å². The molecule has 2 rings (SSSR count). The van der Waals surface area contributed by atoms with Crippen molar-refractivity contribution in [2.75, 3.05) is 23.9 Å². The molecule has 2 amide bonds. The first-order chi connectivity index (χ1) is 13.1. The van der Waals surface area contributed by atoms with E-state index in [4.69, 9.17) is 4.74 Å². The molecule has 0 fully saturated rings. The number of benzene rings is 2. The summed E-state index contributed by atoms with van der Waals surface area (Å²) in [6.07, 6.45) is 3.42. The van der Waals surface area contributed by atoms with Gasteiger partial charge in [-0.15, -0.1) is 0 Å². The summed E-state index contributed by atoms with van der Waals surface area (Å²) in [5, 5.41) is 5.68. The van der Waals surface area contributed by atoms with Gasteiger partial charge in [-0.2, -0.15) is 11.8 Å². The van der Waals surface area contributed by atoms with Gasteiger partial charge < -0.3 is 15.4 Å². The van der Waals surface area contributed by atoms with Gasteiger partial charge in [0.25, 0.3) is 5.91 Å². The Labute approximate surface area is 164 Å². The Morgan fingerprint density at radius 1 is 1.11 bits per heavy atom. The van der Waals surface area contributed by atoms with Crippen LogP contribution < -0.4 is 15.4 Å². The van der Waals surface area contributed by atoms with E-state index in [2.05, 4.69) is 17.6 Å². The molecule has 0 aliphatic carbocycles. The zero-order valence-corrected chi connectivity index (χ0v) is 16.6. The summed E-state index contributed by atoms with van der Waals surface area (Å²) in [7, 11) is 0. The lowest BCUT2D eigenvalue weighted by Gasteiger charge is -2.18. The molecule has 0 radical (unpaired) electrons. The van der Waals surface area contributed by atoms with E-state index >= 15 is 0 Å². The van der Waals surface area contributed by atoms with E-state index < -0.39 is 6.04 Å². The molecule has 144 valence electrons. The number of hydrogen-bond acceptors (Lipinski definition) is 4. The molecule has 0 aromatic heterocycles. The van der Waals surface area contributed by atoms with Crippen LogP contribution in [0.4, 0.5) is 5.69 Å². The molecule has 0 heterocycles. The van der Waals surface area contributed by atoms with Crippen molar-refractivity contribution in [2.24, 2.45) is 0 Å². The van der Waals surface area contributed by atoms with E-state index in [1.165, 1.54) is 0 Å². The summed E-state index contributed by atoms with van der Waals surface area (Å²) in [4.78, 5) is 24.9. The SMILES string of the molecule is CCc1cccc(NC(=O)C(CCSC)NC(=O)COc2ccccc2)c1. The Morgan fingerprint density at radius 2 is 1.89 bits per heavy atom. The lowest BCUT2D eigenvalue weighted by atomic mass is 10.1. The average molecular weight is 387 g/mol. The third kappa shape index (κ3) is 7.35. The number of rotatable bonds is 10. The highest BCUT2D eigenvalue weighted by molar-refractivity contribution is 7.98. The lowest BCUT2D eigenvalue weighted by Crippen LogP contribution is -2.45. The van der Waals surface area contributed by atoms with Crippen LogP contribution in [0.5, 0.6) is 5.75 Å². The highest BCUT2D eigenvalue weighted by Gasteiger charge is 2.21. The first-order valence-electron chi connectivity index (χ1n) is 8.98. The molecule has 0 bridgehead atoms. The van der Waals surface area contributed by atoms with E-state index in [1.54, 1.807) is 23.9 Å². The molecule has 0 spiro atoms. The van der Waals surface area contributed by atoms with Crippen molar-refractivity contribution in [3.8, 4) is 5.75 Å². The normalized spacial score (nSPS) is 11.5. The molecule has 2 aromatic carbocycles. The topological polar surface area (TPSA) is 67.4 Å². The number of thioether (sulfide) groups is 1. The predicted octanol–water partition coefficient (Wildman–Crippen LogP) is 3.50. The molecule has 0 saturated carbocycles. The number of carbonyl (C=O) groups excluding carboxylic acids is 2. The number of amides is 2. The van der Waals surface area contributed by atoms with Gasteiger partial charge in [-0.3, -0.25) is 9.59 Å². The number of aryl methyl sites for hydroxylation is 1. The van der Waals surface area contributed by atoms with Crippen LogP contribution >= 0.6 is 11.8 Å². The van der Waals surface area contributed by atoms with Crippen LogP contribution in [0.3, 0.4) is 0 Å². The molecule has 5 nitrogen and oxygen atoms in total. The van der Waals surface area contributed by atoms with E-state index in [0.29, 0.717) is 12.2 Å². The number of para-hydroxylation sites is 1. The Morgan fingerprint density at radius 3 is 2.59 bits per heavy atom. The zero-order chi connectivity index (χ0) is 19.5. The smallest absolute Gasteiger partial charge is 0.258 e. The fourth-order valence-electron chi connectivity index (χ4n) is 2.50. The van der Waals surface area contributed by atoms with Gasteiger partial charge in [-0.25, -0.2) is 0 Å². The van der Waals surface area contributed by atoms with Gasteiger partial charge in [-0.05, 0) is 54.7 Å². The van der Waals surface area contributed by atoms with Gasteiger partial charge in [0.1, 0.15) is 11.8 Å². The van der Waals surface area contributed by atoms with Gasteiger partial charge in [0.2, 0.25) is 5.91 Å². The van der Waals surface area contributed by atoms with Gasteiger partial charge in [0.05, 0.1) is 0 Å². The Kier molecular flexibility index (Phi) is 8.71. The molecule has 2 aromatic rings. The van der Waals surface area contributed by atoms with Crippen LogP contribution in [-0.4, -0.2) is 36.5 Å². The van der Waals surface area contributed by atoms with E-state index in [0.717, 1.165) is 23.4 Å². The number of hydrogen-bond donors (Lipinski definition) is 2. The summed E-state index contributed by atoms with van der Waals surface area (Å²) in [5.74, 6) is 0.856. The molecule has 0 aliphatic heterocycles. The average Bonchev–Trinajstić information content (AvgIpc) is 2.70. The van der Waals surface area contributed by atoms with Crippen LogP contribution in [0.25, 0.3) is 0 Å². The number of ether oxygens (including phenoxy) is 1. The van der Waals surface area contributed by atoms with Gasteiger partial charge in [0, 0.05) is 5.69 Å². The minimum absolute atomic E-state index is 0.127. The van der Waals surface area contributed by atoms with Crippen molar-refractivity contribution in [3.05, 3.63) is 60.2 Å². The summed E-state index contributed by atoms with van der Waals surface area (Å²) in [6.45, 7) is 1.94. The molecule has 0 aliphatic rings. The second-order valence-corrected chi connectivity index (χ2v) is 7.03. The Bertz CT molecular complexity index is 737.